The van der Waals surface area contributed by atoms with Gasteiger partial charge in [-0.25, -0.2) is 4.79 Å². The molecule has 1 heterocycles. The number of aromatic carboxylic acids is 1. The van der Waals surface area contributed by atoms with Crippen LogP contribution in [-0.4, -0.2) is 38.4 Å². The van der Waals surface area contributed by atoms with Gasteiger partial charge in [-0.05, 0) is 0 Å². The van der Waals surface area contributed by atoms with Crippen LogP contribution < -0.4 is 10.2 Å². The molecular weight excluding hydrogens is 263 g/mol. The molecule has 0 radical (unpaired) electrons. The quantitative estimate of drug-likeness (QED) is 0.384. The van der Waals surface area contributed by atoms with Crippen molar-refractivity contribution in [3.63, 3.8) is 0 Å². The molecular formula is C5H3N3O6Zn. The van der Waals surface area contributed by atoms with Gasteiger partial charge in [-0.2, -0.15) is 10.3 Å². The molecule has 0 aromatic carbocycles. The number of carboxylic acid groups (broad SMARTS) is 3. The van der Waals surface area contributed by atoms with Gasteiger partial charge in [-0.1, -0.05) is 0 Å². The smallest absolute Gasteiger partial charge is 0.543 e. The fourth-order valence-electron chi connectivity index (χ4n) is 0.305. The second-order valence-electron chi connectivity index (χ2n) is 1.74. The fraction of sp³-hybridized carbons (Fsp3) is 0. The molecule has 0 amide bonds. The summed E-state index contributed by atoms with van der Waals surface area (Å²) in [6.45, 7) is 0. The van der Waals surface area contributed by atoms with E-state index >= 15 is 0 Å². The molecule has 0 unspecified atom stereocenters. The first kappa shape index (κ1) is 15.6. The largest absolute Gasteiger partial charge is 2.00 e. The minimum atomic E-state index is -2.19. The Hall–Kier alpha value is -1.83. The van der Waals surface area contributed by atoms with E-state index in [0.29, 0.717) is 0 Å². The maximum atomic E-state index is 9.94. The van der Waals surface area contributed by atoms with Crippen LogP contribution in [0.5, 0.6) is 0 Å². The molecule has 0 spiro atoms. The average molecular weight is 266 g/mol. The molecule has 76 valence electrons. The molecule has 0 atom stereocenters. The first-order chi connectivity index (χ1) is 6.45. The van der Waals surface area contributed by atoms with E-state index in [1.165, 1.54) is 0 Å². The van der Waals surface area contributed by atoms with Crippen molar-refractivity contribution >= 4 is 17.9 Å². The van der Waals surface area contributed by atoms with Crippen LogP contribution in [0.3, 0.4) is 0 Å². The zero-order valence-electron chi connectivity index (χ0n) is 7.17. The summed E-state index contributed by atoms with van der Waals surface area (Å²) in [6, 6.07) is 0. The molecule has 15 heavy (non-hydrogen) atoms. The van der Waals surface area contributed by atoms with Crippen molar-refractivity contribution in [2.24, 2.45) is 0 Å². The molecule has 0 aliphatic carbocycles. The number of nitrogens with zero attached hydrogens (tertiary/aromatic N) is 2. The van der Waals surface area contributed by atoms with Gasteiger partial charge in [-0.15, -0.1) is 5.10 Å². The number of aliphatic carboxylic acids is 2. The Morgan fingerprint density at radius 1 is 1.27 bits per heavy atom. The Morgan fingerprint density at radius 2 is 1.73 bits per heavy atom. The first-order valence-corrected chi connectivity index (χ1v) is 2.96. The van der Waals surface area contributed by atoms with E-state index in [-0.39, 0.29) is 25.2 Å². The standard InChI is InChI=1S/C3H3N3O2.C2H2O4.Zn/c7-3(8)2-1-4-6-5-2;3-1(4)2(5)6;/h1H,(H,7,8)(H,4,5,6);(H,3,4)(H,5,6);/q;;+2/p-2. The first-order valence-electron chi connectivity index (χ1n) is 2.96. The minimum Gasteiger partial charge on any atom is -0.543 e. The molecule has 0 saturated heterocycles. The third-order valence-corrected chi connectivity index (χ3v) is 0.801. The van der Waals surface area contributed by atoms with Gasteiger partial charge in [0.05, 0.1) is 18.1 Å². The van der Waals surface area contributed by atoms with E-state index in [2.05, 4.69) is 15.4 Å². The van der Waals surface area contributed by atoms with Crippen LogP contribution in [0.2, 0.25) is 0 Å². The van der Waals surface area contributed by atoms with Crippen LogP contribution in [0.25, 0.3) is 0 Å². The van der Waals surface area contributed by atoms with E-state index in [4.69, 9.17) is 24.9 Å². The topological polar surface area (TPSA) is 159 Å². The number of H-pyrrole nitrogens is 1. The molecule has 0 fully saturated rings. The van der Waals surface area contributed by atoms with E-state index in [9.17, 15) is 4.79 Å². The second kappa shape index (κ2) is 7.57. The molecule has 2 N–H and O–H groups in total. The van der Waals surface area contributed by atoms with Crippen LogP contribution in [0.4, 0.5) is 0 Å². The number of carboxylic acids is 3. The molecule has 0 aliphatic rings. The van der Waals surface area contributed by atoms with E-state index < -0.39 is 17.9 Å². The summed E-state index contributed by atoms with van der Waals surface area (Å²) in [6.07, 6.45) is 1.14. The molecule has 0 bridgehead atoms. The zero-order valence-corrected chi connectivity index (χ0v) is 10.1. The normalized spacial score (nSPS) is 7.73. The van der Waals surface area contributed by atoms with Crippen molar-refractivity contribution in [3.05, 3.63) is 11.9 Å². The van der Waals surface area contributed by atoms with Crippen molar-refractivity contribution in [1.82, 2.24) is 15.4 Å². The number of hydrogen-bond donors (Lipinski definition) is 2. The van der Waals surface area contributed by atoms with Crippen LogP contribution in [0.15, 0.2) is 6.20 Å². The molecule has 1 aromatic rings. The molecule has 1 rings (SSSR count). The summed E-state index contributed by atoms with van der Waals surface area (Å²) in [5, 5.41) is 34.7. The van der Waals surface area contributed by atoms with Gasteiger partial charge in [-0.3, -0.25) is 0 Å². The Balaban J connectivity index is 0. The summed E-state index contributed by atoms with van der Waals surface area (Å²) >= 11 is 0. The Kier molecular flexibility index (Phi) is 7.89. The maximum Gasteiger partial charge on any atom is 2.00 e. The third kappa shape index (κ3) is 7.26. The zero-order chi connectivity index (χ0) is 11.1. The molecule has 0 saturated carbocycles. The van der Waals surface area contributed by atoms with Gasteiger partial charge in [0.2, 0.25) is 0 Å². The van der Waals surface area contributed by atoms with Crippen LogP contribution in [-0.2, 0) is 29.1 Å². The fourth-order valence-corrected chi connectivity index (χ4v) is 0.305. The van der Waals surface area contributed by atoms with Gasteiger partial charge >= 0.3 is 25.4 Å². The number of rotatable bonds is 1. The second-order valence-corrected chi connectivity index (χ2v) is 1.74. The van der Waals surface area contributed by atoms with E-state index in [1.54, 1.807) is 0 Å². The predicted octanol–water partition coefficient (Wildman–Crippen LogP) is -4.01. The van der Waals surface area contributed by atoms with Gasteiger partial charge < -0.3 is 24.9 Å². The molecule has 0 aliphatic heterocycles. The van der Waals surface area contributed by atoms with Gasteiger partial charge in [0.25, 0.3) is 0 Å². The third-order valence-electron chi connectivity index (χ3n) is 0.801. The number of aromatic nitrogens is 3. The van der Waals surface area contributed by atoms with E-state index in [1.807, 2.05) is 0 Å². The number of aromatic amines is 1. The molecule has 9 nitrogen and oxygen atoms in total. The number of carbonyl (C=O) groups excluding carboxylic acids is 2. The summed E-state index contributed by atoms with van der Waals surface area (Å²) in [4.78, 5) is 27.8. The summed E-state index contributed by atoms with van der Waals surface area (Å²) in [5.41, 5.74) is -0.0648. The summed E-state index contributed by atoms with van der Waals surface area (Å²) < 4.78 is 0. The van der Waals surface area contributed by atoms with Gasteiger partial charge in [0.1, 0.15) is 0 Å². The van der Waals surface area contributed by atoms with Crippen LogP contribution >= 0.6 is 0 Å². The van der Waals surface area contributed by atoms with Crippen molar-refractivity contribution in [3.8, 4) is 0 Å². The maximum absolute atomic E-state index is 9.94. The molecule has 10 heteroatoms. The van der Waals surface area contributed by atoms with Gasteiger partial charge in [0.15, 0.2) is 5.69 Å². The number of nitrogens with one attached hydrogen (secondary N) is 1. The number of hydrogen-bond acceptors (Lipinski definition) is 7. The van der Waals surface area contributed by atoms with Crippen LogP contribution in [0.1, 0.15) is 10.5 Å². The van der Waals surface area contributed by atoms with Crippen LogP contribution in [0, 0.1) is 0 Å². The summed E-state index contributed by atoms with van der Waals surface area (Å²) in [7, 11) is 0. The Bertz CT molecular complexity index is 325. The Labute approximate surface area is 94.9 Å². The monoisotopic (exact) mass is 265 g/mol. The van der Waals surface area contributed by atoms with E-state index in [0.717, 1.165) is 6.20 Å². The van der Waals surface area contributed by atoms with Crippen molar-refractivity contribution in [1.29, 1.82) is 0 Å². The van der Waals surface area contributed by atoms with Crippen molar-refractivity contribution in [2.75, 3.05) is 0 Å². The SMILES string of the molecule is O=C(O)c1cn[nH]n1.O=C([O-])C(=O)[O-].[Zn+2]. The summed E-state index contributed by atoms with van der Waals surface area (Å²) in [5.74, 6) is -5.44. The molecule has 1 aromatic heterocycles. The minimum absolute atomic E-state index is 0. The van der Waals surface area contributed by atoms with Gasteiger partial charge in [0, 0.05) is 0 Å². The predicted molar refractivity (Wildman–Crippen MR) is 33.4 cm³/mol. The number of carbonyl (C=O) groups is 3. The Morgan fingerprint density at radius 3 is 1.87 bits per heavy atom. The average Bonchev–Trinajstić information content (AvgIpc) is 2.56. The van der Waals surface area contributed by atoms with Crippen molar-refractivity contribution in [2.45, 2.75) is 0 Å². The van der Waals surface area contributed by atoms with Crippen molar-refractivity contribution < 1.29 is 49.2 Å².